The Hall–Kier alpha value is -2.56. The average Bonchev–Trinajstić information content (AvgIpc) is 2.54. The first kappa shape index (κ1) is 18.8. The van der Waals surface area contributed by atoms with Crippen molar-refractivity contribution in [3.05, 3.63) is 57.6 Å². The Balaban J connectivity index is 2.43. The lowest BCUT2D eigenvalue weighted by molar-refractivity contribution is -0.619. The zero-order valence-corrected chi connectivity index (χ0v) is 15.8. The average molecular weight is 342 g/mol. The second kappa shape index (κ2) is 7.55. The zero-order valence-electron chi connectivity index (χ0n) is 15.8. The lowest BCUT2D eigenvalue weighted by Crippen LogP contribution is -2.37. The molecule has 0 radical (unpaired) electrons. The van der Waals surface area contributed by atoms with Crippen LogP contribution in [-0.4, -0.2) is 12.5 Å². The van der Waals surface area contributed by atoms with Crippen molar-refractivity contribution in [3.8, 4) is 5.75 Å². The maximum absolute atomic E-state index is 12.9. The minimum Gasteiger partial charge on any atom is -0.618 e. The molecule has 0 aliphatic rings. The molecule has 25 heavy (non-hydrogen) atoms. The number of anilines is 1. The number of benzene rings is 1. The van der Waals surface area contributed by atoms with Crippen LogP contribution in [-0.2, 0) is 0 Å². The van der Waals surface area contributed by atoms with Crippen molar-refractivity contribution in [2.24, 2.45) is 5.92 Å². The number of nitrogens with one attached hydrogen (secondary N) is 1. The van der Waals surface area contributed by atoms with Gasteiger partial charge in [-0.05, 0) is 37.0 Å². The quantitative estimate of drug-likeness (QED) is 0.663. The number of carbonyl (C=O) groups excluding carboxylic acids is 1. The van der Waals surface area contributed by atoms with E-state index in [1.54, 1.807) is 19.9 Å². The number of aromatic nitrogens is 1. The summed E-state index contributed by atoms with van der Waals surface area (Å²) in [5, 5.41) is 15.2. The summed E-state index contributed by atoms with van der Waals surface area (Å²) in [6.45, 7) is 11.8. The lowest BCUT2D eigenvalue weighted by atomic mass is 10.1. The summed E-state index contributed by atoms with van der Waals surface area (Å²) in [6.07, 6.45) is 0. The molecule has 0 saturated carbocycles. The minimum atomic E-state index is -0.338. The Bertz CT molecular complexity index is 798. The van der Waals surface area contributed by atoms with Crippen LogP contribution in [0.1, 0.15) is 46.7 Å². The molecule has 0 aliphatic heterocycles. The van der Waals surface area contributed by atoms with E-state index in [1.165, 1.54) is 0 Å². The molecule has 5 heteroatoms. The van der Waals surface area contributed by atoms with E-state index in [-0.39, 0.29) is 11.5 Å². The van der Waals surface area contributed by atoms with Crippen molar-refractivity contribution in [2.75, 3.05) is 11.9 Å². The second-order valence-electron chi connectivity index (χ2n) is 6.81. The second-order valence-corrected chi connectivity index (χ2v) is 6.81. The molecule has 0 aliphatic carbocycles. The van der Waals surface area contributed by atoms with Crippen molar-refractivity contribution in [1.82, 2.24) is 0 Å². The van der Waals surface area contributed by atoms with Gasteiger partial charge in [0.15, 0.2) is 5.69 Å². The molecule has 134 valence electrons. The fourth-order valence-corrected chi connectivity index (χ4v) is 2.58. The van der Waals surface area contributed by atoms with Crippen LogP contribution in [0.2, 0.25) is 0 Å². The standard InChI is InChI=1S/C20H26N2O3/c1-12(2)11-25-18-10-14(4)22(24)16(6)19(18)20(23)21-17-9-7-8-13(3)15(17)5/h7-10,12H,11H2,1-6H3,(H,21,23). The van der Waals surface area contributed by atoms with Crippen molar-refractivity contribution < 1.29 is 14.3 Å². The third-order valence-electron chi connectivity index (χ3n) is 4.23. The van der Waals surface area contributed by atoms with E-state index in [9.17, 15) is 10.0 Å². The third kappa shape index (κ3) is 4.10. The molecule has 0 bridgehead atoms. The molecule has 2 rings (SSSR count). The van der Waals surface area contributed by atoms with Crippen LogP contribution in [0, 0.1) is 38.8 Å². The molecule has 0 atom stereocenters. The van der Waals surface area contributed by atoms with E-state index in [4.69, 9.17) is 4.74 Å². The summed E-state index contributed by atoms with van der Waals surface area (Å²) >= 11 is 0. The van der Waals surface area contributed by atoms with Crippen LogP contribution in [0.15, 0.2) is 24.3 Å². The molecular formula is C20H26N2O3. The number of nitrogens with zero attached hydrogens (tertiary/aromatic N) is 1. The Morgan fingerprint density at radius 2 is 1.92 bits per heavy atom. The van der Waals surface area contributed by atoms with Gasteiger partial charge < -0.3 is 15.3 Å². The largest absolute Gasteiger partial charge is 0.618 e. The SMILES string of the molecule is Cc1cccc(NC(=O)c2c(OCC(C)C)cc(C)[n+]([O-])c2C)c1C. The zero-order chi connectivity index (χ0) is 18.7. The first-order chi connectivity index (χ1) is 11.7. The highest BCUT2D eigenvalue weighted by molar-refractivity contribution is 6.07. The molecule has 0 spiro atoms. The third-order valence-corrected chi connectivity index (χ3v) is 4.23. The molecule has 0 fully saturated rings. The molecule has 2 aromatic rings. The normalized spacial score (nSPS) is 10.8. The van der Waals surface area contributed by atoms with Gasteiger partial charge in [0, 0.05) is 25.6 Å². The predicted molar refractivity (Wildman–Crippen MR) is 99.1 cm³/mol. The van der Waals surface area contributed by atoms with Crippen molar-refractivity contribution in [1.29, 1.82) is 0 Å². The summed E-state index contributed by atoms with van der Waals surface area (Å²) in [5.41, 5.74) is 3.94. The van der Waals surface area contributed by atoms with E-state index in [2.05, 4.69) is 5.32 Å². The van der Waals surface area contributed by atoms with Crippen molar-refractivity contribution in [3.63, 3.8) is 0 Å². The fourth-order valence-electron chi connectivity index (χ4n) is 2.58. The van der Waals surface area contributed by atoms with E-state index in [0.717, 1.165) is 21.5 Å². The predicted octanol–water partition coefficient (Wildman–Crippen LogP) is 3.84. The van der Waals surface area contributed by atoms with Crippen LogP contribution < -0.4 is 14.8 Å². The Morgan fingerprint density at radius 1 is 1.24 bits per heavy atom. The van der Waals surface area contributed by atoms with Gasteiger partial charge in [-0.3, -0.25) is 4.79 Å². The van der Waals surface area contributed by atoms with Gasteiger partial charge in [-0.1, -0.05) is 26.0 Å². The van der Waals surface area contributed by atoms with Gasteiger partial charge in [-0.2, -0.15) is 4.73 Å². The van der Waals surface area contributed by atoms with E-state index in [1.807, 2.05) is 45.9 Å². The Kier molecular flexibility index (Phi) is 5.67. The highest BCUT2D eigenvalue weighted by atomic mass is 16.5. The van der Waals surface area contributed by atoms with Crippen LogP contribution in [0.4, 0.5) is 5.69 Å². The molecule has 5 nitrogen and oxygen atoms in total. The fraction of sp³-hybridized carbons (Fsp3) is 0.400. The van der Waals surface area contributed by atoms with E-state index >= 15 is 0 Å². The Morgan fingerprint density at radius 3 is 2.56 bits per heavy atom. The lowest BCUT2D eigenvalue weighted by Gasteiger charge is -2.17. The van der Waals surface area contributed by atoms with E-state index in [0.29, 0.717) is 29.7 Å². The Labute approximate surface area is 149 Å². The summed E-state index contributed by atoms with van der Waals surface area (Å²) in [5.74, 6) is 0.420. The molecular weight excluding hydrogens is 316 g/mol. The number of rotatable bonds is 5. The van der Waals surface area contributed by atoms with Gasteiger partial charge in [0.05, 0.1) is 6.61 Å². The number of aryl methyl sites for hydroxylation is 2. The van der Waals surface area contributed by atoms with Gasteiger partial charge in [0.2, 0.25) is 5.69 Å². The molecule has 0 unspecified atom stereocenters. The van der Waals surface area contributed by atoms with Crippen LogP contribution in [0.25, 0.3) is 0 Å². The highest BCUT2D eigenvalue weighted by Crippen LogP contribution is 2.25. The minimum absolute atomic E-state index is 0.280. The first-order valence-electron chi connectivity index (χ1n) is 8.46. The molecule has 1 aromatic carbocycles. The van der Waals surface area contributed by atoms with Gasteiger partial charge in [-0.15, -0.1) is 0 Å². The van der Waals surface area contributed by atoms with E-state index < -0.39 is 0 Å². The number of amides is 1. The number of pyridine rings is 1. The van der Waals surface area contributed by atoms with Gasteiger partial charge >= 0.3 is 0 Å². The first-order valence-corrected chi connectivity index (χ1v) is 8.46. The molecule has 1 N–H and O–H groups in total. The van der Waals surface area contributed by atoms with Gasteiger partial charge in [0.1, 0.15) is 11.3 Å². The molecule has 1 heterocycles. The maximum Gasteiger partial charge on any atom is 0.265 e. The van der Waals surface area contributed by atoms with Crippen molar-refractivity contribution in [2.45, 2.75) is 41.5 Å². The number of hydrogen-bond acceptors (Lipinski definition) is 3. The maximum atomic E-state index is 12.9. The highest BCUT2D eigenvalue weighted by Gasteiger charge is 2.25. The number of hydrogen-bond donors (Lipinski definition) is 1. The topological polar surface area (TPSA) is 65.3 Å². The summed E-state index contributed by atoms with van der Waals surface area (Å²) < 4.78 is 6.58. The van der Waals surface area contributed by atoms with Gasteiger partial charge in [0.25, 0.3) is 5.91 Å². The van der Waals surface area contributed by atoms with Crippen LogP contribution >= 0.6 is 0 Å². The molecule has 1 aromatic heterocycles. The molecule has 1 amide bonds. The molecule has 0 saturated heterocycles. The number of carbonyl (C=O) groups is 1. The summed E-state index contributed by atoms with van der Waals surface area (Å²) in [4.78, 5) is 12.9. The smallest absolute Gasteiger partial charge is 0.265 e. The number of ether oxygens (including phenoxy) is 1. The monoisotopic (exact) mass is 342 g/mol. The summed E-state index contributed by atoms with van der Waals surface area (Å²) in [7, 11) is 0. The summed E-state index contributed by atoms with van der Waals surface area (Å²) in [6, 6.07) is 7.36. The van der Waals surface area contributed by atoms with Crippen LogP contribution in [0.5, 0.6) is 5.75 Å². The van der Waals surface area contributed by atoms with Crippen LogP contribution in [0.3, 0.4) is 0 Å². The van der Waals surface area contributed by atoms with Crippen molar-refractivity contribution >= 4 is 11.6 Å². The van der Waals surface area contributed by atoms with Gasteiger partial charge in [-0.25, -0.2) is 0 Å².